The van der Waals surface area contributed by atoms with Crippen molar-refractivity contribution in [1.29, 1.82) is 0 Å². The first-order chi connectivity index (χ1) is 15.6. The summed E-state index contributed by atoms with van der Waals surface area (Å²) in [5.74, 6) is 0.736. The average molecular weight is 439 g/mol. The minimum atomic E-state index is -0.188. The van der Waals surface area contributed by atoms with Crippen LogP contribution in [0.5, 0.6) is 11.5 Å². The van der Waals surface area contributed by atoms with E-state index in [0.29, 0.717) is 11.5 Å². The van der Waals surface area contributed by atoms with Crippen LogP contribution in [0.3, 0.4) is 0 Å². The standard InChI is InChI=1S/C19H24O2.C12H10/c1-11-7-15(8-12(2)17(11)20)19(5,6)16-9-13(3)18(21)14(4)10-16;1-3-7-11(8-4-1)12-9-5-2-6-10-12/h7-10,20-21H,1-6H3;1-10H. The molecular weight excluding hydrogens is 404 g/mol. The van der Waals surface area contributed by atoms with Gasteiger partial charge in [0.05, 0.1) is 0 Å². The molecule has 2 heteroatoms. The molecule has 0 bridgehead atoms. The highest BCUT2D eigenvalue weighted by Crippen LogP contribution is 2.37. The summed E-state index contributed by atoms with van der Waals surface area (Å²) in [6.07, 6.45) is 0. The third kappa shape index (κ3) is 5.46. The Hall–Kier alpha value is -3.52. The van der Waals surface area contributed by atoms with E-state index in [0.717, 1.165) is 22.3 Å². The van der Waals surface area contributed by atoms with Crippen LogP contribution in [0.2, 0.25) is 0 Å². The van der Waals surface area contributed by atoms with E-state index in [4.69, 9.17) is 0 Å². The average Bonchev–Trinajstić information content (AvgIpc) is 2.82. The summed E-state index contributed by atoms with van der Waals surface area (Å²) in [6.45, 7) is 12.0. The second-order valence-corrected chi connectivity index (χ2v) is 9.27. The number of hydrogen-bond donors (Lipinski definition) is 2. The molecule has 0 heterocycles. The zero-order valence-corrected chi connectivity index (χ0v) is 20.5. The Kier molecular flexibility index (Phi) is 7.28. The number of aryl methyl sites for hydroxylation is 4. The number of benzene rings is 4. The van der Waals surface area contributed by atoms with Crippen molar-refractivity contribution in [2.75, 3.05) is 0 Å². The first-order valence-electron chi connectivity index (χ1n) is 11.3. The molecule has 0 amide bonds. The van der Waals surface area contributed by atoms with Crippen molar-refractivity contribution >= 4 is 0 Å². The van der Waals surface area contributed by atoms with Gasteiger partial charge in [0.25, 0.3) is 0 Å². The molecule has 2 N–H and O–H groups in total. The smallest absolute Gasteiger partial charge is 0.121 e. The topological polar surface area (TPSA) is 40.5 Å². The van der Waals surface area contributed by atoms with E-state index < -0.39 is 0 Å². The summed E-state index contributed by atoms with van der Waals surface area (Å²) in [6, 6.07) is 28.9. The molecule has 170 valence electrons. The molecule has 4 rings (SSSR count). The van der Waals surface area contributed by atoms with Crippen LogP contribution in [0.1, 0.15) is 47.2 Å². The molecular formula is C31H34O2. The van der Waals surface area contributed by atoms with Crippen LogP contribution in [0.15, 0.2) is 84.9 Å². The van der Waals surface area contributed by atoms with Crippen LogP contribution >= 0.6 is 0 Å². The Labute approximate surface area is 198 Å². The SMILES string of the molecule is Cc1cc(C(C)(C)c2cc(C)c(O)c(C)c2)cc(C)c1O.c1ccc(-c2ccccc2)cc1. The maximum absolute atomic E-state index is 9.96. The monoisotopic (exact) mass is 438 g/mol. The number of phenols is 2. The van der Waals surface area contributed by atoms with E-state index in [1.807, 2.05) is 64.1 Å². The van der Waals surface area contributed by atoms with Crippen LogP contribution in [0.4, 0.5) is 0 Å². The van der Waals surface area contributed by atoms with E-state index in [2.05, 4.69) is 62.4 Å². The van der Waals surface area contributed by atoms with Gasteiger partial charge in [0.15, 0.2) is 0 Å². The van der Waals surface area contributed by atoms with Crippen LogP contribution < -0.4 is 0 Å². The third-order valence-electron chi connectivity index (χ3n) is 6.31. The summed E-state index contributed by atoms with van der Waals surface area (Å²) < 4.78 is 0. The molecule has 0 spiro atoms. The number of aromatic hydroxyl groups is 2. The lowest BCUT2D eigenvalue weighted by molar-refractivity contribution is 0.465. The van der Waals surface area contributed by atoms with Gasteiger partial charge in [-0.1, -0.05) is 98.8 Å². The van der Waals surface area contributed by atoms with Gasteiger partial charge in [0.1, 0.15) is 11.5 Å². The van der Waals surface area contributed by atoms with Gasteiger partial charge < -0.3 is 10.2 Å². The van der Waals surface area contributed by atoms with E-state index >= 15 is 0 Å². The Morgan fingerprint density at radius 1 is 0.485 bits per heavy atom. The van der Waals surface area contributed by atoms with Gasteiger partial charge in [-0.15, -0.1) is 0 Å². The molecule has 0 saturated heterocycles. The van der Waals surface area contributed by atoms with Crippen molar-refractivity contribution in [1.82, 2.24) is 0 Å². The highest BCUT2D eigenvalue weighted by molar-refractivity contribution is 5.62. The quantitative estimate of drug-likeness (QED) is 0.340. The second-order valence-electron chi connectivity index (χ2n) is 9.27. The van der Waals surface area contributed by atoms with Gasteiger partial charge in [-0.25, -0.2) is 0 Å². The maximum atomic E-state index is 9.96. The Balaban J connectivity index is 0.000000215. The van der Waals surface area contributed by atoms with Gasteiger partial charge in [-0.2, -0.15) is 0 Å². The molecule has 4 aromatic rings. The van der Waals surface area contributed by atoms with Crippen molar-refractivity contribution in [2.45, 2.75) is 47.0 Å². The number of phenolic OH excluding ortho intramolecular Hbond substituents is 2. The predicted molar refractivity (Wildman–Crippen MR) is 139 cm³/mol. The van der Waals surface area contributed by atoms with Crippen LogP contribution in [-0.2, 0) is 5.41 Å². The van der Waals surface area contributed by atoms with E-state index in [1.54, 1.807) is 0 Å². The Morgan fingerprint density at radius 2 is 0.758 bits per heavy atom. The molecule has 0 saturated carbocycles. The van der Waals surface area contributed by atoms with Gasteiger partial charge in [-0.05, 0) is 72.2 Å². The highest BCUT2D eigenvalue weighted by Gasteiger charge is 2.25. The zero-order valence-electron chi connectivity index (χ0n) is 20.5. The van der Waals surface area contributed by atoms with Crippen LogP contribution in [0.25, 0.3) is 11.1 Å². The van der Waals surface area contributed by atoms with E-state index in [9.17, 15) is 10.2 Å². The molecule has 0 unspecified atom stereocenters. The van der Waals surface area contributed by atoms with Gasteiger partial charge in [0.2, 0.25) is 0 Å². The van der Waals surface area contributed by atoms with Crippen molar-refractivity contribution in [3.63, 3.8) is 0 Å². The van der Waals surface area contributed by atoms with Crippen molar-refractivity contribution < 1.29 is 10.2 Å². The molecule has 0 aliphatic rings. The molecule has 2 nitrogen and oxygen atoms in total. The molecule has 4 aromatic carbocycles. The van der Waals surface area contributed by atoms with Gasteiger partial charge >= 0.3 is 0 Å². The zero-order chi connectivity index (χ0) is 24.2. The predicted octanol–water partition coefficient (Wildman–Crippen LogP) is 8.01. The van der Waals surface area contributed by atoms with Crippen molar-refractivity contribution in [3.05, 3.63) is 118 Å². The minimum absolute atomic E-state index is 0.188. The summed E-state index contributed by atoms with van der Waals surface area (Å²) in [5.41, 5.74) is 8.27. The lowest BCUT2D eigenvalue weighted by atomic mass is 9.76. The van der Waals surface area contributed by atoms with Crippen LogP contribution in [-0.4, -0.2) is 10.2 Å². The van der Waals surface area contributed by atoms with Gasteiger partial charge in [-0.3, -0.25) is 0 Å². The Morgan fingerprint density at radius 3 is 1.03 bits per heavy atom. The fourth-order valence-corrected chi connectivity index (χ4v) is 4.06. The highest BCUT2D eigenvalue weighted by atomic mass is 16.3. The molecule has 0 aliphatic carbocycles. The summed E-state index contributed by atoms with van der Waals surface area (Å²) >= 11 is 0. The normalized spacial score (nSPS) is 11.0. The fourth-order valence-electron chi connectivity index (χ4n) is 4.06. The lowest BCUT2D eigenvalue weighted by Gasteiger charge is -2.28. The second kappa shape index (κ2) is 9.95. The van der Waals surface area contributed by atoms with Gasteiger partial charge in [0, 0.05) is 5.41 Å². The molecule has 0 aliphatic heterocycles. The first kappa shape index (κ1) is 24.1. The summed E-state index contributed by atoms with van der Waals surface area (Å²) in [5, 5.41) is 19.9. The van der Waals surface area contributed by atoms with Crippen molar-refractivity contribution in [3.8, 4) is 22.6 Å². The molecule has 0 aromatic heterocycles. The molecule has 0 fully saturated rings. The molecule has 33 heavy (non-hydrogen) atoms. The minimum Gasteiger partial charge on any atom is -0.507 e. The molecule has 0 atom stereocenters. The van der Waals surface area contributed by atoms with Crippen molar-refractivity contribution in [2.24, 2.45) is 0 Å². The fraction of sp³-hybridized carbons (Fsp3) is 0.226. The summed E-state index contributed by atoms with van der Waals surface area (Å²) in [4.78, 5) is 0. The summed E-state index contributed by atoms with van der Waals surface area (Å²) in [7, 11) is 0. The van der Waals surface area contributed by atoms with E-state index in [1.165, 1.54) is 22.3 Å². The largest absolute Gasteiger partial charge is 0.507 e. The first-order valence-corrected chi connectivity index (χ1v) is 11.3. The maximum Gasteiger partial charge on any atom is 0.121 e. The number of hydrogen-bond acceptors (Lipinski definition) is 2. The van der Waals surface area contributed by atoms with Crippen LogP contribution in [0, 0.1) is 27.7 Å². The lowest BCUT2D eigenvalue weighted by Crippen LogP contribution is -2.19. The Bertz CT molecular complexity index is 1080. The number of rotatable bonds is 3. The molecule has 0 radical (unpaired) electrons. The third-order valence-corrected chi connectivity index (χ3v) is 6.31. The van der Waals surface area contributed by atoms with E-state index in [-0.39, 0.29) is 5.41 Å².